The molecule has 0 spiro atoms. The highest BCUT2D eigenvalue weighted by Crippen LogP contribution is 2.29. The molecule has 0 radical (unpaired) electrons. The number of aromatic nitrogens is 4. The molecule has 0 amide bonds. The maximum absolute atomic E-state index is 12.2. The number of anilines is 1. The highest BCUT2D eigenvalue weighted by Gasteiger charge is 2.44. The Bertz CT molecular complexity index is 843. The summed E-state index contributed by atoms with van der Waals surface area (Å²) >= 11 is 4.84. The van der Waals surface area contributed by atoms with Crippen molar-refractivity contribution < 1.29 is 20.1 Å². The van der Waals surface area contributed by atoms with Crippen molar-refractivity contribution in [2.75, 3.05) is 12.3 Å². The molecule has 3 rings (SSSR count). The minimum atomic E-state index is -1.52. The van der Waals surface area contributed by atoms with Gasteiger partial charge in [0.25, 0.3) is 5.56 Å². The number of imidazole rings is 1. The summed E-state index contributed by atoms with van der Waals surface area (Å²) in [7, 11) is 0. The number of nitrogens with two attached hydrogens (primary N) is 1. The molecular formula is C10H12N5O6S-. The largest absolute Gasteiger partial charge is 0.682 e. The van der Waals surface area contributed by atoms with Crippen LogP contribution in [0.15, 0.2) is 9.59 Å². The van der Waals surface area contributed by atoms with Gasteiger partial charge in [-0.05, 0) is 0 Å². The first-order valence-electron chi connectivity index (χ1n) is 6.19. The predicted octanol–water partition coefficient (Wildman–Crippen LogP) is -3.61. The van der Waals surface area contributed by atoms with E-state index in [4.69, 9.17) is 28.4 Å². The minimum Gasteiger partial charge on any atom is -0.682 e. The highest BCUT2D eigenvalue weighted by atomic mass is 32.1. The summed E-state index contributed by atoms with van der Waals surface area (Å²) in [5.74, 6) is -0.251. The van der Waals surface area contributed by atoms with Gasteiger partial charge in [-0.1, -0.05) is 0 Å². The van der Waals surface area contributed by atoms with Crippen LogP contribution in [0.3, 0.4) is 0 Å². The van der Waals surface area contributed by atoms with Crippen molar-refractivity contribution in [1.82, 2.24) is 18.5 Å². The summed E-state index contributed by atoms with van der Waals surface area (Å²) in [6, 6.07) is 0. The van der Waals surface area contributed by atoms with Gasteiger partial charge in [0.15, 0.2) is 11.9 Å². The van der Waals surface area contributed by atoms with E-state index in [1.165, 1.54) is 0 Å². The van der Waals surface area contributed by atoms with E-state index in [0.29, 0.717) is 3.97 Å². The zero-order valence-corrected chi connectivity index (χ0v) is 11.7. The average Bonchev–Trinajstić information content (AvgIpc) is 2.87. The van der Waals surface area contributed by atoms with Gasteiger partial charge in [-0.25, -0.2) is 9.36 Å². The molecular weight excluding hydrogens is 318 g/mol. The van der Waals surface area contributed by atoms with E-state index in [-0.39, 0.29) is 17.1 Å². The Balaban J connectivity index is 2.26. The SMILES string of the molecule is Nc1nc2c(c(=O)[nH]1)n([S-])c(=O)n2[C@@H]1O[C@H](CO)[C@@H](O)[C@H]1O. The van der Waals surface area contributed by atoms with Crippen molar-refractivity contribution in [3.8, 4) is 0 Å². The molecule has 0 saturated carbocycles. The standard InChI is InChI=1S/C10H12N5O6S/c11-9-12-6-3(7(19)13-9)15(22)10(20)14(6)8-5(18)4(17)2(1-16)21-8/h2,4-5,8,16-18H,1H2,(H3,11,12,13,19)/q-1/t2-,4-,5-,8-/m1/s1. The fourth-order valence-corrected chi connectivity index (χ4v) is 2.68. The summed E-state index contributed by atoms with van der Waals surface area (Å²) in [6.07, 6.45) is -5.38. The molecule has 4 atom stereocenters. The van der Waals surface area contributed by atoms with E-state index in [0.717, 1.165) is 4.57 Å². The minimum absolute atomic E-state index is 0.184. The average molecular weight is 330 g/mol. The lowest BCUT2D eigenvalue weighted by atomic mass is 10.1. The molecule has 22 heavy (non-hydrogen) atoms. The van der Waals surface area contributed by atoms with Crippen molar-refractivity contribution >= 4 is 29.9 Å². The molecule has 6 N–H and O–H groups in total. The van der Waals surface area contributed by atoms with Gasteiger partial charge in [0.05, 0.1) is 6.61 Å². The number of aliphatic hydroxyl groups is 3. The summed E-state index contributed by atoms with van der Waals surface area (Å²) in [5.41, 5.74) is 3.46. The van der Waals surface area contributed by atoms with Gasteiger partial charge in [0.2, 0.25) is 5.95 Å². The van der Waals surface area contributed by atoms with Crippen LogP contribution in [-0.2, 0) is 17.6 Å². The molecule has 11 nitrogen and oxygen atoms in total. The number of hydrogen-bond acceptors (Lipinski definition) is 9. The van der Waals surface area contributed by atoms with Gasteiger partial charge < -0.3 is 42.6 Å². The van der Waals surface area contributed by atoms with E-state index in [9.17, 15) is 19.8 Å². The van der Waals surface area contributed by atoms with Crippen molar-refractivity contribution in [2.24, 2.45) is 0 Å². The van der Waals surface area contributed by atoms with Gasteiger partial charge in [0, 0.05) is 0 Å². The maximum atomic E-state index is 12.2. The first kappa shape index (κ1) is 14.9. The Morgan fingerprint density at radius 3 is 2.64 bits per heavy atom. The maximum Gasteiger partial charge on any atom is 0.313 e. The fraction of sp³-hybridized carbons (Fsp3) is 0.500. The van der Waals surface area contributed by atoms with Crippen LogP contribution in [0.5, 0.6) is 0 Å². The number of aromatic amines is 1. The second-order valence-corrected chi connectivity index (χ2v) is 5.16. The van der Waals surface area contributed by atoms with E-state index in [1.54, 1.807) is 0 Å². The third-order valence-electron chi connectivity index (χ3n) is 3.48. The van der Waals surface area contributed by atoms with Crippen molar-refractivity contribution in [3.05, 3.63) is 20.8 Å². The Hall–Kier alpha value is -1.99. The van der Waals surface area contributed by atoms with E-state index in [2.05, 4.69) is 9.97 Å². The number of hydrogen-bond donors (Lipinski definition) is 5. The number of aliphatic hydroxyl groups excluding tert-OH is 3. The number of fused-ring (bicyclic) bond motifs is 1. The lowest BCUT2D eigenvalue weighted by molar-refractivity contribution is -0.0525. The van der Waals surface area contributed by atoms with Crippen LogP contribution in [0.2, 0.25) is 0 Å². The molecule has 12 heteroatoms. The Morgan fingerprint density at radius 1 is 1.36 bits per heavy atom. The second-order valence-electron chi connectivity index (χ2n) is 4.80. The number of rotatable bonds is 2. The first-order chi connectivity index (χ1) is 10.4. The van der Waals surface area contributed by atoms with E-state index in [1.807, 2.05) is 0 Å². The summed E-state index contributed by atoms with van der Waals surface area (Å²) in [5, 5.41) is 28.9. The van der Waals surface area contributed by atoms with Crippen LogP contribution < -0.4 is 17.0 Å². The molecule has 1 saturated heterocycles. The monoisotopic (exact) mass is 330 g/mol. The van der Waals surface area contributed by atoms with Crippen LogP contribution in [-0.4, -0.2) is 58.7 Å². The Labute approximate surface area is 127 Å². The van der Waals surface area contributed by atoms with Gasteiger partial charge in [-0.3, -0.25) is 9.78 Å². The van der Waals surface area contributed by atoms with Crippen molar-refractivity contribution in [1.29, 1.82) is 0 Å². The number of nitrogens with one attached hydrogen (secondary N) is 1. The lowest BCUT2D eigenvalue weighted by Crippen LogP contribution is -2.35. The van der Waals surface area contributed by atoms with Crippen LogP contribution in [0, 0.1) is 0 Å². The highest BCUT2D eigenvalue weighted by molar-refractivity contribution is 7.57. The fourth-order valence-electron chi connectivity index (χ4n) is 2.43. The third-order valence-corrected chi connectivity index (χ3v) is 3.82. The predicted molar refractivity (Wildman–Crippen MR) is 74.8 cm³/mol. The molecule has 120 valence electrons. The smallest absolute Gasteiger partial charge is 0.313 e. The van der Waals surface area contributed by atoms with Crippen LogP contribution >= 0.6 is 0 Å². The van der Waals surface area contributed by atoms with Crippen LogP contribution in [0.25, 0.3) is 11.2 Å². The third kappa shape index (κ3) is 1.93. The molecule has 0 aromatic carbocycles. The topological polar surface area (TPSA) is 169 Å². The zero-order chi connectivity index (χ0) is 16.2. The van der Waals surface area contributed by atoms with E-state index >= 15 is 0 Å². The van der Waals surface area contributed by atoms with E-state index < -0.39 is 42.4 Å². The second kappa shape index (κ2) is 5.03. The molecule has 0 aliphatic carbocycles. The molecule has 0 bridgehead atoms. The number of H-pyrrole nitrogens is 1. The molecule has 1 aliphatic rings. The van der Waals surface area contributed by atoms with Gasteiger partial charge in [-0.15, -0.1) is 0 Å². The van der Waals surface area contributed by atoms with Gasteiger partial charge in [-0.2, -0.15) is 4.98 Å². The Morgan fingerprint density at radius 2 is 2.05 bits per heavy atom. The van der Waals surface area contributed by atoms with Crippen LogP contribution in [0.4, 0.5) is 5.95 Å². The number of nitrogen functional groups attached to an aromatic ring is 1. The number of nitrogens with zero attached hydrogens (tertiary/aromatic N) is 3. The quantitative estimate of drug-likeness (QED) is 0.349. The summed E-state index contributed by atoms with van der Waals surface area (Å²) < 4.78 is 6.71. The van der Waals surface area contributed by atoms with Gasteiger partial charge >= 0.3 is 5.69 Å². The molecule has 1 fully saturated rings. The van der Waals surface area contributed by atoms with Gasteiger partial charge in [0.1, 0.15) is 23.8 Å². The Kier molecular flexibility index (Phi) is 3.41. The lowest BCUT2D eigenvalue weighted by Gasteiger charge is -2.16. The molecule has 2 aromatic heterocycles. The van der Waals surface area contributed by atoms with Crippen LogP contribution in [0.1, 0.15) is 6.23 Å². The first-order valence-corrected chi connectivity index (χ1v) is 6.56. The summed E-state index contributed by atoms with van der Waals surface area (Å²) in [4.78, 5) is 30.1. The zero-order valence-electron chi connectivity index (χ0n) is 10.9. The van der Waals surface area contributed by atoms with Crippen molar-refractivity contribution in [3.63, 3.8) is 0 Å². The number of ether oxygens (including phenoxy) is 1. The molecule has 3 heterocycles. The summed E-state index contributed by atoms with van der Waals surface area (Å²) in [6.45, 7) is -0.563. The normalized spacial score (nSPS) is 28.5. The van der Waals surface area contributed by atoms with Crippen molar-refractivity contribution in [2.45, 2.75) is 24.5 Å². The molecule has 0 unspecified atom stereocenters. The molecule has 2 aromatic rings. The molecule has 1 aliphatic heterocycles.